The average molecular weight is 255 g/mol. The molecule has 0 saturated heterocycles. The molecule has 0 aromatic rings. The van der Waals surface area contributed by atoms with Gasteiger partial charge in [0.1, 0.15) is 0 Å². The molecule has 1 aliphatic rings. The lowest BCUT2D eigenvalue weighted by molar-refractivity contribution is 0.139. The maximum absolute atomic E-state index is 5.45. The van der Waals surface area contributed by atoms with Crippen LogP contribution in [-0.4, -0.2) is 25.8 Å². The Bertz CT molecular complexity index is 178. The van der Waals surface area contributed by atoms with Crippen molar-refractivity contribution in [3.05, 3.63) is 0 Å². The highest BCUT2D eigenvalue weighted by Crippen LogP contribution is 2.28. The molecule has 2 nitrogen and oxygen atoms in total. The summed E-state index contributed by atoms with van der Waals surface area (Å²) in [6.45, 7) is 7.30. The molecule has 18 heavy (non-hydrogen) atoms. The Morgan fingerprint density at radius 2 is 1.94 bits per heavy atom. The van der Waals surface area contributed by atoms with Gasteiger partial charge in [-0.05, 0) is 45.1 Å². The monoisotopic (exact) mass is 255 g/mol. The number of ether oxygens (including phenoxy) is 1. The SMILES string of the molecule is CCCNC(CCCOCC)CC1CCCCC1. The first-order valence-electron chi connectivity index (χ1n) is 8.18. The second-order valence-corrected chi connectivity index (χ2v) is 5.73. The van der Waals surface area contributed by atoms with Gasteiger partial charge in [0, 0.05) is 19.3 Å². The Balaban J connectivity index is 2.20. The molecule has 0 amide bonds. The molecule has 0 aromatic carbocycles. The van der Waals surface area contributed by atoms with E-state index in [2.05, 4.69) is 19.2 Å². The lowest BCUT2D eigenvalue weighted by atomic mass is 9.84. The molecule has 1 rings (SSSR count). The summed E-state index contributed by atoms with van der Waals surface area (Å²) in [5.74, 6) is 0.986. The standard InChI is InChI=1S/C16H33NO/c1-3-12-17-16(11-8-13-18-4-2)14-15-9-6-5-7-10-15/h15-17H,3-14H2,1-2H3. The zero-order chi connectivity index (χ0) is 13.1. The van der Waals surface area contributed by atoms with Crippen LogP contribution in [0.25, 0.3) is 0 Å². The van der Waals surface area contributed by atoms with Crippen LogP contribution in [-0.2, 0) is 4.74 Å². The summed E-state index contributed by atoms with van der Waals surface area (Å²) < 4.78 is 5.45. The van der Waals surface area contributed by atoms with Gasteiger partial charge < -0.3 is 10.1 Å². The van der Waals surface area contributed by atoms with Crippen molar-refractivity contribution in [3.8, 4) is 0 Å². The van der Waals surface area contributed by atoms with E-state index < -0.39 is 0 Å². The molecule has 0 heterocycles. The minimum atomic E-state index is 0.730. The largest absolute Gasteiger partial charge is 0.382 e. The zero-order valence-electron chi connectivity index (χ0n) is 12.5. The second kappa shape index (κ2) is 10.8. The van der Waals surface area contributed by atoms with E-state index in [9.17, 15) is 0 Å². The van der Waals surface area contributed by atoms with Crippen LogP contribution in [0.3, 0.4) is 0 Å². The van der Waals surface area contributed by atoms with Gasteiger partial charge in [0.05, 0.1) is 0 Å². The van der Waals surface area contributed by atoms with Crippen molar-refractivity contribution >= 4 is 0 Å². The Hall–Kier alpha value is -0.0800. The quantitative estimate of drug-likeness (QED) is 0.592. The third-order valence-electron chi connectivity index (χ3n) is 4.07. The number of nitrogens with one attached hydrogen (secondary N) is 1. The van der Waals surface area contributed by atoms with E-state index in [1.807, 2.05) is 0 Å². The van der Waals surface area contributed by atoms with Crippen LogP contribution in [0.2, 0.25) is 0 Å². The van der Waals surface area contributed by atoms with E-state index >= 15 is 0 Å². The fourth-order valence-corrected chi connectivity index (χ4v) is 3.05. The fraction of sp³-hybridized carbons (Fsp3) is 1.00. The normalized spacial score (nSPS) is 19.0. The van der Waals surface area contributed by atoms with Crippen molar-refractivity contribution in [2.75, 3.05) is 19.8 Å². The van der Waals surface area contributed by atoms with Crippen LogP contribution in [0.1, 0.15) is 71.6 Å². The molecule has 0 radical (unpaired) electrons. The van der Waals surface area contributed by atoms with Crippen LogP contribution in [0.4, 0.5) is 0 Å². The lowest BCUT2D eigenvalue weighted by Crippen LogP contribution is -2.32. The van der Waals surface area contributed by atoms with E-state index in [0.717, 1.165) is 25.2 Å². The van der Waals surface area contributed by atoms with Gasteiger partial charge in [-0.25, -0.2) is 0 Å². The minimum absolute atomic E-state index is 0.730. The van der Waals surface area contributed by atoms with E-state index in [-0.39, 0.29) is 0 Å². The molecule has 1 saturated carbocycles. The van der Waals surface area contributed by atoms with Gasteiger partial charge in [0.25, 0.3) is 0 Å². The molecule has 1 N–H and O–H groups in total. The van der Waals surface area contributed by atoms with Gasteiger partial charge in [0.15, 0.2) is 0 Å². The summed E-state index contributed by atoms with van der Waals surface area (Å²) in [6, 6.07) is 0.730. The third-order valence-corrected chi connectivity index (χ3v) is 4.07. The lowest BCUT2D eigenvalue weighted by Gasteiger charge is -2.27. The van der Waals surface area contributed by atoms with Gasteiger partial charge in [-0.1, -0.05) is 39.0 Å². The molecule has 2 heteroatoms. The van der Waals surface area contributed by atoms with E-state index in [1.165, 1.54) is 64.3 Å². The van der Waals surface area contributed by atoms with Crippen LogP contribution in [0, 0.1) is 5.92 Å². The van der Waals surface area contributed by atoms with Gasteiger partial charge in [0.2, 0.25) is 0 Å². The zero-order valence-corrected chi connectivity index (χ0v) is 12.5. The van der Waals surface area contributed by atoms with Crippen molar-refractivity contribution in [1.82, 2.24) is 5.32 Å². The van der Waals surface area contributed by atoms with E-state index in [0.29, 0.717) is 0 Å². The molecule has 0 aliphatic heterocycles. The summed E-state index contributed by atoms with van der Waals surface area (Å²) in [7, 11) is 0. The van der Waals surface area contributed by atoms with E-state index in [1.54, 1.807) is 0 Å². The van der Waals surface area contributed by atoms with Gasteiger partial charge in [-0.2, -0.15) is 0 Å². The summed E-state index contributed by atoms with van der Waals surface area (Å²) >= 11 is 0. The predicted octanol–water partition coefficient (Wildman–Crippen LogP) is 4.14. The number of hydrogen-bond donors (Lipinski definition) is 1. The molecule has 1 atom stereocenters. The van der Waals surface area contributed by atoms with Crippen molar-refractivity contribution in [2.24, 2.45) is 5.92 Å². The second-order valence-electron chi connectivity index (χ2n) is 5.73. The molecular weight excluding hydrogens is 222 g/mol. The molecule has 1 unspecified atom stereocenters. The summed E-state index contributed by atoms with van der Waals surface area (Å²) in [5, 5.41) is 3.74. The highest BCUT2D eigenvalue weighted by Gasteiger charge is 2.18. The Kier molecular flexibility index (Phi) is 9.59. The predicted molar refractivity (Wildman–Crippen MR) is 79.0 cm³/mol. The van der Waals surface area contributed by atoms with Crippen LogP contribution in [0.15, 0.2) is 0 Å². The third kappa shape index (κ3) is 7.38. The van der Waals surface area contributed by atoms with Crippen molar-refractivity contribution in [2.45, 2.75) is 77.7 Å². The van der Waals surface area contributed by atoms with Crippen LogP contribution >= 0.6 is 0 Å². The van der Waals surface area contributed by atoms with Gasteiger partial charge >= 0.3 is 0 Å². The van der Waals surface area contributed by atoms with Crippen LogP contribution in [0.5, 0.6) is 0 Å². The van der Waals surface area contributed by atoms with E-state index in [4.69, 9.17) is 4.74 Å². The topological polar surface area (TPSA) is 21.3 Å². The molecule has 108 valence electrons. The molecule has 0 bridgehead atoms. The maximum Gasteiger partial charge on any atom is 0.0466 e. The highest BCUT2D eigenvalue weighted by atomic mass is 16.5. The maximum atomic E-state index is 5.45. The Labute approximate surface area is 114 Å². The Morgan fingerprint density at radius 3 is 2.61 bits per heavy atom. The summed E-state index contributed by atoms with van der Waals surface area (Å²) in [4.78, 5) is 0. The first-order valence-corrected chi connectivity index (χ1v) is 8.18. The summed E-state index contributed by atoms with van der Waals surface area (Å²) in [5.41, 5.74) is 0. The first kappa shape index (κ1) is 16.0. The minimum Gasteiger partial charge on any atom is -0.382 e. The Morgan fingerprint density at radius 1 is 1.17 bits per heavy atom. The smallest absolute Gasteiger partial charge is 0.0466 e. The molecule has 0 aromatic heterocycles. The van der Waals surface area contributed by atoms with Gasteiger partial charge in [-0.15, -0.1) is 0 Å². The van der Waals surface area contributed by atoms with Gasteiger partial charge in [-0.3, -0.25) is 0 Å². The first-order chi connectivity index (χ1) is 8.86. The molecule has 1 aliphatic carbocycles. The van der Waals surface area contributed by atoms with Crippen molar-refractivity contribution in [1.29, 1.82) is 0 Å². The molecule has 1 fully saturated rings. The number of rotatable bonds is 10. The van der Waals surface area contributed by atoms with Crippen molar-refractivity contribution < 1.29 is 4.74 Å². The molecule has 0 spiro atoms. The molecular formula is C16H33NO. The number of hydrogen-bond acceptors (Lipinski definition) is 2. The highest BCUT2D eigenvalue weighted by molar-refractivity contribution is 4.74. The van der Waals surface area contributed by atoms with Crippen LogP contribution < -0.4 is 5.32 Å². The average Bonchev–Trinajstić information content (AvgIpc) is 2.41. The van der Waals surface area contributed by atoms with Crippen molar-refractivity contribution in [3.63, 3.8) is 0 Å². The summed E-state index contributed by atoms with van der Waals surface area (Å²) in [6.07, 6.45) is 12.5. The fourth-order valence-electron chi connectivity index (χ4n) is 3.05.